The lowest BCUT2D eigenvalue weighted by Crippen LogP contribution is -2.51. The van der Waals surface area contributed by atoms with Crippen molar-refractivity contribution in [3.05, 3.63) is 24.2 Å². The minimum Gasteiger partial charge on any atom is -0.365 e. The Morgan fingerprint density at radius 2 is 2.00 bits per heavy atom. The molecule has 2 aromatic rings. The monoisotopic (exact) mass is 368 g/mol. The van der Waals surface area contributed by atoms with Crippen LogP contribution in [0.1, 0.15) is 42.1 Å². The highest BCUT2D eigenvalue weighted by Gasteiger charge is 2.44. The molecule has 1 amide bonds. The van der Waals surface area contributed by atoms with Crippen molar-refractivity contribution in [3.8, 4) is 0 Å². The molecule has 140 valence electrons. The highest BCUT2D eigenvalue weighted by atomic mass is 19.4. The van der Waals surface area contributed by atoms with Gasteiger partial charge < -0.3 is 14.2 Å². The molecule has 0 radical (unpaired) electrons. The van der Waals surface area contributed by atoms with Crippen molar-refractivity contribution >= 4 is 17.1 Å². The lowest BCUT2D eigenvalue weighted by molar-refractivity contribution is -0.233. The summed E-state index contributed by atoms with van der Waals surface area (Å²) < 4.78 is 45.3. The number of rotatable bonds is 2. The van der Waals surface area contributed by atoms with Crippen LogP contribution in [-0.2, 0) is 4.74 Å². The number of pyridine rings is 1. The average Bonchev–Trinajstić information content (AvgIpc) is 3.29. The van der Waals surface area contributed by atoms with Gasteiger partial charge in [0, 0.05) is 18.8 Å². The fourth-order valence-electron chi connectivity index (χ4n) is 3.70. The Bertz CT molecular complexity index is 814. The van der Waals surface area contributed by atoms with Gasteiger partial charge in [0.05, 0.1) is 25.0 Å². The molecule has 0 N–H and O–H groups in total. The summed E-state index contributed by atoms with van der Waals surface area (Å²) in [7, 11) is 0. The number of alkyl halides is 3. The van der Waals surface area contributed by atoms with E-state index >= 15 is 0 Å². The van der Waals surface area contributed by atoms with E-state index in [9.17, 15) is 18.0 Å². The number of imidazole rings is 1. The summed E-state index contributed by atoms with van der Waals surface area (Å²) in [6.45, 7) is -0.515. The van der Waals surface area contributed by atoms with Crippen LogP contribution in [0, 0.1) is 0 Å². The number of carbonyl (C=O) groups excluding carboxylic acids is 1. The van der Waals surface area contributed by atoms with Crippen molar-refractivity contribution in [2.75, 3.05) is 19.7 Å². The third-order valence-electron chi connectivity index (χ3n) is 5.10. The van der Waals surface area contributed by atoms with Crippen molar-refractivity contribution < 1.29 is 22.7 Å². The second-order valence-electron chi connectivity index (χ2n) is 6.81. The average molecular weight is 368 g/mol. The minimum absolute atomic E-state index is 0.125. The van der Waals surface area contributed by atoms with Crippen molar-refractivity contribution in [3.63, 3.8) is 0 Å². The summed E-state index contributed by atoms with van der Waals surface area (Å²) >= 11 is 0. The number of fused-ring (bicyclic) bond motifs is 1. The fourth-order valence-corrected chi connectivity index (χ4v) is 3.70. The number of aromatic nitrogens is 3. The van der Waals surface area contributed by atoms with Crippen molar-refractivity contribution in [1.29, 1.82) is 0 Å². The van der Waals surface area contributed by atoms with Gasteiger partial charge in [-0.25, -0.2) is 9.97 Å². The van der Waals surface area contributed by atoms with Gasteiger partial charge >= 0.3 is 6.18 Å². The first-order valence-corrected chi connectivity index (χ1v) is 8.73. The van der Waals surface area contributed by atoms with Crippen LogP contribution in [0.25, 0.3) is 11.2 Å². The third-order valence-corrected chi connectivity index (χ3v) is 5.10. The Labute approximate surface area is 148 Å². The summed E-state index contributed by atoms with van der Waals surface area (Å²) in [4.78, 5) is 22.5. The number of hydrogen-bond acceptors (Lipinski definition) is 4. The summed E-state index contributed by atoms with van der Waals surface area (Å²) in [5.74, 6) is -0.479. The fraction of sp³-hybridized carbons (Fsp3) is 0.588. The molecule has 1 atom stereocenters. The SMILES string of the molecule is O=C(c1cnc2c(c1)ncn2C1CCCC1)N1CCOC(C(F)(F)F)C1. The smallest absolute Gasteiger partial charge is 0.365 e. The van der Waals surface area contributed by atoms with Crippen LogP contribution in [-0.4, -0.2) is 57.3 Å². The van der Waals surface area contributed by atoms with Crippen LogP contribution in [0.2, 0.25) is 0 Å². The molecule has 1 saturated heterocycles. The molecule has 0 spiro atoms. The van der Waals surface area contributed by atoms with Gasteiger partial charge in [-0.05, 0) is 18.9 Å². The normalized spacial score (nSPS) is 22.3. The van der Waals surface area contributed by atoms with E-state index in [1.165, 1.54) is 23.9 Å². The molecule has 0 aromatic carbocycles. The zero-order valence-electron chi connectivity index (χ0n) is 14.1. The van der Waals surface area contributed by atoms with Crippen molar-refractivity contribution in [2.24, 2.45) is 0 Å². The van der Waals surface area contributed by atoms with Gasteiger partial charge in [-0.2, -0.15) is 13.2 Å². The predicted octanol–water partition coefficient (Wildman–Crippen LogP) is 2.95. The van der Waals surface area contributed by atoms with Crippen molar-refractivity contribution in [1.82, 2.24) is 19.4 Å². The third kappa shape index (κ3) is 3.15. The first kappa shape index (κ1) is 17.3. The van der Waals surface area contributed by atoms with Gasteiger partial charge in [0.15, 0.2) is 11.8 Å². The molecule has 2 fully saturated rings. The Morgan fingerprint density at radius 3 is 2.73 bits per heavy atom. The zero-order chi connectivity index (χ0) is 18.3. The topological polar surface area (TPSA) is 60.2 Å². The maximum Gasteiger partial charge on any atom is 0.416 e. The Kier molecular flexibility index (Phi) is 4.34. The lowest BCUT2D eigenvalue weighted by atomic mass is 10.2. The van der Waals surface area contributed by atoms with E-state index in [0.29, 0.717) is 17.2 Å². The van der Waals surface area contributed by atoms with E-state index in [0.717, 1.165) is 12.8 Å². The van der Waals surface area contributed by atoms with E-state index in [-0.39, 0.29) is 18.7 Å². The maximum absolute atomic E-state index is 12.9. The van der Waals surface area contributed by atoms with E-state index in [1.54, 1.807) is 12.4 Å². The van der Waals surface area contributed by atoms with Gasteiger partial charge in [0.25, 0.3) is 5.91 Å². The highest BCUT2D eigenvalue weighted by molar-refractivity contribution is 5.96. The summed E-state index contributed by atoms with van der Waals surface area (Å²) in [5, 5.41) is 0. The van der Waals surface area contributed by atoms with Crippen LogP contribution in [0.3, 0.4) is 0 Å². The molecule has 26 heavy (non-hydrogen) atoms. The van der Waals surface area contributed by atoms with Crippen molar-refractivity contribution in [2.45, 2.75) is 44.0 Å². The highest BCUT2D eigenvalue weighted by Crippen LogP contribution is 2.31. The number of ether oxygens (including phenoxy) is 1. The van der Waals surface area contributed by atoms with Crippen LogP contribution in [0.15, 0.2) is 18.6 Å². The quantitative estimate of drug-likeness (QED) is 0.818. The lowest BCUT2D eigenvalue weighted by Gasteiger charge is -2.33. The number of morpholine rings is 1. The molecule has 9 heteroatoms. The van der Waals surface area contributed by atoms with Gasteiger partial charge in [0.1, 0.15) is 5.52 Å². The largest absolute Gasteiger partial charge is 0.416 e. The van der Waals surface area contributed by atoms with Crippen LogP contribution < -0.4 is 0 Å². The molecule has 1 unspecified atom stereocenters. The zero-order valence-corrected chi connectivity index (χ0v) is 14.1. The molecule has 6 nitrogen and oxygen atoms in total. The van der Waals surface area contributed by atoms with E-state index in [2.05, 4.69) is 9.97 Å². The standard InChI is InChI=1S/C17H19F3N4O2/c18-17(19,20)14-9-23(5-6-26-14)16(25)11-7-13-15(21-8-11)24(10-22-13)12-3-1-2-4-12/h7-8,10,12,14H,1-6,9H2. The van der Waals surface area contributed by atoms with E-state index in [4.69, 9.17) is 4.74 Å². The summed E-state index contributed by atoms with van der Waals surface area (Å²) in [5.41, 5.74) is 1.55. The molecule has 1 saturated carbocycles. The number of carbonyl (C=O) groups is 1. The number of halogens is 3. The first-order chi connectivity index (χ1) is 12.4. The molecule has 1 aliphatic carbocycles. The van der Waals surface area contributed by atoms with Gasteiger partial charge in [0.2, 0.25) is 0 Å². The first-order valence-electron chi connectivity index (χ1n) is 8.73. The molecule has 2 aliphatic rings. The van der Waals surface area contributed by atoms with E-state index in [1.807, 2.05) is 4.57 Å². The Hall–Kier alpha value is -2.16. The molecular weight excluding hydrogens is 349 g/mol. The molecule has 0 bridgehead atoms. The second kappa shape index (κ2) is 6.53. The Morgan fingerprint density at radius 1 is 1.23 bits per heavy atom. The van der Waals surface area contributed by atoms with Crippen LogP contribution in [0.5, 0.6) is 0 Å². The predicted molar refractivity (Wildman–Crippen MR) is 86.7 cm³/mol. The minimum atomic E-state index is -4.48. The molecular formula is C17H19F3N4O2. The molecule has 2 aromatic heterocycles. The molecule has 1 aliphatic heterocycles. The van der Waals surface area contributed by atoms with Gasteiger partial charge in [-0.15, -0.1) is 0 Å². The van der Waals surface area contributed by atoms with Crippen LogP contribution in [0.4, 0.5) is 13.2 Å². The van der Waals surface area contributed by atoms with Gasteiger partial charge in [-0.3, -0.25) is 4.79 Å². The van der Waals surface area contributed by atoms with E-state index < -0.39 is 24.7 Å². The maximum atomic E-state index is 12.9. The summed E-state index contributed by atoms with van der Waals surface area (Å²) in [6.07, 6.45) is 1.25. The summed E-state index contributed by atoms with van der Waals surface area (Å²) in [6, 6.07) is 1.98. The Balaban J connectivity index is 1.55. The number of hydrogen-bond donors (Lipinski definition) is 0. The second-order valence-corrected chi connectivity index (χ2v) is 6.81. The molecule has 3 heterocycles. The van der Waals surface area contributed by atoms with Crippen LogP contribution >= 0.6 is 0 Å². The number of amides is 1. The number of nitrogens with zero attached hydrogens (tertiary/aromatic N) is 4. The van der Waals surface area contributed by atoms with Gasteiger partial charge in [-0.1, -0.05) is 12.8 Å². The molecule has 4 rings (SSSR count).